The van der Waals surface area contributed by atoms with Crippen molar-refractivity contribution < 1.29 is 0 Å². The molecule has 2 rings (SSSR count). The number of allylic oxidation sites excluding steroid dienone is 4. The van der Waals surface area contributed by atoms with E-state index < -0.39 is 0 Å². The van der Waals surface area contributed by atoms with Crippen LogP contribution in [0.15, 0.2) is 67.3 Å². The molecule has 1 aliphatic carbocycles. The van der Waals surface area contributed by atoms with Gasteiger partial charge in [-0.25, -0.2) is 0 Å². The van der Waals surface area contributed by atoms with Gasteiger partial charge in [0.15, 0.2) is 0 Å². The number of hydrogen-bond donors (Lipinski definition) is 0. The first-order chi connectivity index (χ1) is 11.2. The van der Waals surface area contributed by atoms with E-state index in [4.69, 9.17) is 0 Å². The Morgan fingerprint density at radius 3 is 1.96 bits per heavy atom. The fraction of sp³-hybridized carbons (Fsp3) is 0.478. The second kappa shape index (κ2) is 12.9. The molecule has 0 heteroatoms. The van der Waals surface area contributed by atoms with Gasteiger partial charge >= 0.3 is 0 Å². The van der Waals surface area contributed by atoms with Crippen molar-refractivity contribution >= 4 is 0 Å². The Bertz CT molecular complexity index is 444. The van der Waals surface area contributed by atoms with Crippen LogP contribution in [0.4, 0.5) is 0 Å². The molecule has 23 heavy (non-hydrogen) atoms. The lowest BCUT2D eigenvalue weighted by Crippen LogP contribution is -2.30. The van der Waals surface area contributed by atoms with Crippen molar-refractivity contribution in [3.8, 4) is 0 Å². The van der Waals surface area contributed by atoms with E-state index in [9.17, 15) is 0 Å². The molecule has 1 aliphatic rings. The van der Waals surface area contributed by atoms with Gasteiger partial charge in [-0.1, -0.05) is 88.1 Å². The van der Waals surface area contributed by atoms with Gasteiger partial charge < -0.3 is 0 Å². The summed E-state index contributed by atoms with van der Waals surface area (Å²) in [6, 6.07) is 11.1. The zero-order chi connectivity index (χ0) is 17.6. The Hall–Kier alpha value is -1.56. The van der Waals surface area contributed by atoms with Gasteiger partial charge in [-0.3, -0.25) is 0 Å². The fourth-order valence-corrected chi connectivity index (χ4v) is 3.37. The molecular weight excluding hydrogens is 276 g/mol. The van der Waals surface area contributed by atoms with Crippen molar-refractivity contribution in [1.82, 2.24) is 0 Å². The first-order valence-corrected chi connectivity index (χ1v) is 9.10. The van der Waals surface area contributed by atoms with Gasteiger partial charge in [0.05, 0.1) is 0 Å². The monoisotopic (exact) mass is 312 g/mol. The molecular formula is C23H36. The van der Waals surface area contributed by atoms with Crippen LogP contribution in [0, 0.1) is 0 Å². The number of rotatable bonds is 3. The van der Waals surface area contributed by atoms with Crippen LogP contribution < -0.4 is 0 Å². The van der Waals surface area contributed by atoms with Gasteiger partial charge in [0.1, 0.15) is 0 Å². The molecule has 0 amide bonds. The zero-order valence-electron chi connectivity index (χ0n) is 15.8. The van der Waals surface area contributed by atoms with Gasteiger partial charge in [0.25, 0.3) is 0 Å². The summed E-state index contributed by atoms with van der Waals surface area (Å²) >= 11 is 0. The third-order valence-electron chi connectivity index (χ3n) is 4.24. The van der Waals surface area contributed by atoms with Crippen molar-refractivity contribution in [1.29, 1.82) is 0 Å². The summed E-state index contributed by atoms with van der Waals surface area (Å²) in [5.41, 5.74) is 3.26. The Morgan fingerprint density at radius 2 is 1.52 bits per heavy atom. The molecule has 0 N–H and O–H groups in total. The highest BCUT2D eigenvalue weighted by molar-refractivity contribution is 5.42. The molecule has 1 saturated carbocycles. The van der Waals surface area contributed by atoms with Crippen molar-refractivity contribution in [2.24, 2.45) is 0 Å². The Kier molecular flexibility index (Phi) is 12.1. The Morgan fingerprint density at radius 1 is 1.00 bits per heavy atom. The molecule has 0 aromatic heterocycles. The maximum atomic E-state index is 3.00. The standard InChI is InChI=1S/C18H24.C3H8.C2H4/c1-3-11-16(4-2)18(14-9-6-10-15-18)17-12-7-5-8-13-17;1-3-2;1-2/h3-5,7-8,11-13H,6,9-10,14-15H2,1-2H3;3H2,1-2H3;1-2H2/b11-3-,16-4+;;. The maximum absolute atomic E-state index is 3.00. The van der Waals surface area contributed by atoms with Crippen LogP contribution >= 0.6 is 0 Å². The van der Waals surface area contributed by atoms with Gasteiger partial charge in [-0.05, 0) is 37.8 Å². The minimum Gasteiger partial charge on any atom is -0.106 e. The lowest BCUT2D eigenvalue weighted by molar-refractivity contribution is 0.345. The molecule has 1 aromatic carbocycles. The van der Waals surface area contributed by atoms with Crippen LogP contribution in [0.5, 0.6) is 0 Å². The molecule has 1 fully saturated rings. The van der Waals surface area contributed by atoms with E-state index in [2.05, 4.69) is 89.4 Å². The smallest absolute Gasteiger partial charge is 0.0199 e. The third-order valence-corrected chi connectivity index (χ3v) is 4.24. The van der Waals surface area contributed by atoms with Crippen LogP contribution in [-0.2, 0) is 5.41 Å². The first kappa shape index (κ1) is 21.4. The fourth-order valence-electron chi connectivity index (χ4n) is 3.37. The molecule has 0 heterocycles. The van der Waals surface area contributed by atoms with E-state index in [1.54, 1.807) is 0 Å². The van der Waals surface area contributed by atoms with Crippen LogP contribution in [0.2, 0.25) is 0 Å². The minimum absolute atomic E-state index is 0.265. The second-order valence-electron chi connectivity index (χ2n) is 5.96. The SMILES string of the molecule is C/C=C\C(=C/C)C1(c2ccccc2)CCCCC1.C=C.CCC. The molecule has 1 aromatic rings. The van der Waals surface area contributed by atoms with E-state index >= 15 is 0 Å². The summed E-state index contributed by atoms with van der Waals surface area (Å²) in [4.78, 5) is 0. The van der Waals surface area contributed by atoms with Crippen LogP contribution in [0.25, 0.3) is 0 Å². The second-order valence-corrected chi connectivity index (χ2v) is 5.96. The van der Waals surface area contributed by atoms with E-state index in [0.717, 1.165) is 0 Å². The summed E-state index contributed by atoms with van der Waals surface area (Å²) in [5.74, 6) is 0. The van der Waals surface area contributed by atoms with Crippen LogP contribution in [0.1, 0.15) is 71.8 Å². The lowest BCUT2D eigenvalue weighted by atomic mass is 9.64. The van der Waals surface area contributed by atoms with Crippen LogP contribution in [-0.4, -0.2) is 0 Å². The average molecular weight is 313 g/mol. The predicted molar refractivity (Wildman–Crippen MR) is 107 cm³/mol. The molecule has 0 nitrogen and oxygen atoms in total. The Balaban J connectivity index is 0.000000868. The summed E-state index contributed by atoms with van der Waals surface area (Å²) in [6.45, 7) is 14.5. The summed E-state index contributed by atoms with van der Waals surface area (Å²) in [7, 11) is 0. The number of hydrogen-bond acceptors (Lipinski definition) is 0. The molecule has 0 unspecified atom stereocenters. The maximum Gasteiger partial charge on any atom is 0.0199 e. The van der Waals surface area contributed by atoms with Gasteiger partial charge in [-0.15, -0.1) is 13.2 Å². The van der Waals surface area contributed by atoms with Crippen molar-refractivity contribution in [2.75, 3.05) is 0 Å². The lowest BCUT2D eigenvalue weighted by Gasteiger charge is -2.39. The average Bonchev–Trinajstić information content (AvgIpc) is 2.63. The topological polar surface area (TPSA) is 0 Å². The van der Waals surface area contributed by atoms with Crippen LogP contribution in [0.3, 0.4) is 0 Å². The quantitative estimate of drug-likeness (QED) is 0.397. The highest BCUT2D eigenvalue weighted by Crippen LogP contribution is 2.45. The van der Waals surface area contributed by atoms with E-state index in [-0.39, 0.29) is 5.41 Å². The zero-order valence-corrected chi connectivity index (χ0v) is 15.8. The normalized spacial score (nSPS) is 16.8. The molecule has 0 atom stereocenters. The predicted octanol–water partition coefficient (Wildman–Crippen LogP) is 7.63. The molecule has 0 spiro atoms. The van der Waals surface area contributed by atoms with E-state index in [1.807, 2.05) is 0 Å². The van der Waals surface area contributed by atoms with Crippen molar-refractivity contribution in [3.63, 3.8) is 0 Å². The largest absolute Gasteiger partial charge is 0.106 e. The molecule has 0 radical (unpaired) electrons. The molecule has 0 saturated heterocycles. The summed E-state index contributed by atoms with van der Waals surface area (Å²) in [5, 5.41) is 0. The molecule has 128 valence electrons. The number of benzene rings is 1. The van der Waals surface area contributed by atoms with Gasteiger partial charge in [-0.2, -0.15) is 0 Å². The Labute approximate surface area is 145 Å². The van der Waals surface area contributed by atoms with Crippen molar-refractivity contribution in [2.45, 2.75) is 71.6 Å². The molecule has 0 bridgehead atoms. The highest BCUT2D eigenvalue weighted by atomic mass is 14.4. The third kappa shape index (κ3) is 6.22. The van der Waals surface area contributed by atoms with Gasteiger partial charge in [0.2, 0.25) is 0 Å². The minimum atomic E-state index is 0.265. The summed E-state index contributed by atoms with van der Waals surface area (Å²) < 4.78 is 0. The summed E-state index contributed by atoms with van der Waals surface area (Å²) in [6.07, 6.45) is 14.7. The first-order valence-electron chi connectivity index (χ1n) is 9.10. The highest BCUT2D eigenvalue weighted by Gasteiger charge is 2.35. The van der Waals surface area contributed by atoms with Crippen molar-refractivity contribution in [3.05, 3.63) is 72.9 Å². The van der Waals surface area contributed by atoms with E-state index in [1.165, 1.54) is 49.7 Å². The molecule has 0 aliphatic heterocycles. The van der Waals surface area contributed by atoms with Gasteiger partial charge in [0, 0.05) is 5.41 Å². The van der Waals surface area contributed by atoms with E-state index in [0.29, 0.717) is 0 Å².